The second-order valence-electron chi connectivity index (χ2n) is 7.68. The molecule has 8 nitrogen and oxygen atoms in total. The van der Waals surface area contributed by atoms with Crippen molar-refractivity contribution in [1.29, 1.82) is 0 Å². The van der Waals surface area contributed by atoms with Gasteiger partial charge in [0.25, 0.3) is 0 Å². The van der Waals surface area contributed by atoms with E-state index in [2.05, 4.69) is 14.8 Å². The van der Waals surface area contributed by atoms with Crippen molar-refractivity contribution in [2.24, 2.45) is 0 Å². The molecule has 0 atom stereocenters. The van der Waals surface area contributed by atoms with Gasteiger partial charge >= 0.3 is 5.97 Å². The fourth-order valence-corrected chi connectivity index (χ4v) is 4.51. The van der Waals surface area contributed by atoms with Crippen LogP contribution in [0.25, 0.3) is 0 Å². The van der Waals surface area contributed by atoms with E-state index in [4.69, 9.17) is 4.74 Å². The highest BCUT2D eigenvalue weighted by molar-refractivity contribution is 7.89. The Morgan fingerprint density at radius 2 is 1.94 bits per heavy atom. The van der Waals surface area contributed by atoms with Gasteiger partial charge in [-0.2, -0.15) is 0 Å². The van der Waals surface area contributed by atoms with Gasteiger partial charge in [-0.1, -0.05) is 12.1 Å². The minimum absolute atomic E-state index is 0.317. The van der Waals surface area contributed by atoms with E-state index in [9.17, 15) is 13.2 Å². The van der Waals surface area contributed by atoms with E-state index in [-0.39, 0.29) is 5.97 Å². The third-order valence-electron chi connectivity index (χ3n) is 5.25. The molecule has 1 aliphatic heterocycles. The monoisotopic (exact) mass is 446 g/mol. The largest absolute Gasteiger partial charge is 0.462 e. The van der Waals surface area contributed by atoms with Gasteiger partial charge in [-0.25, -0.2) is 22.5 Å². The van der Waals surface area contributed by atoms with Crippen LogP contribution in [0, 0.1) is 0 Å². The van der Waals surface area contributed by atoms with Crippen LogP contribution in [0.5, 0.6) is 0 Å². The standard InChI is InChI=1S/C22H30N4O4S/c1-4-30-22(27)19-9-10-21(23-16-19)26-12-6-11-25(13-14-26)17-18-7-5-8-20(15-18)31(28,29)24(2)3/h5,7-10,15-16H,4,6,11-14,17H2,1-3H3. The van der Waals surface area contributed by atoms with E-state index >= 15 is 0 Å². The Hall–Kier alpha value is -2.49. The van der Waals surface area contributed by atoms with E-state index < -0.39 is 10.0 Å². The number of nitrogens with zero attached hydrogens (tertiary/aromatic N) is 4. The summed E-state index contributed by atoms with van der Waals surface area (Å²) >= 11 is 0. The van der Waals surface area contributed by atoms with Crippen molar-refractivity contribution >= 4 is 21.8 Å². The molecule has 0 radical (unpaired) electrons. The highest BCUT2D eigenvalue weighted by atomic mass is 32.2. The summed E-state index contributed by atoms with van der Waals surface area (Å²) < 4.78 is 31.0. The summed E-state index contributed by atoms with van der Waals surface area (Å²) in [6, 6.07) is 10.8. The van der Waals surface area contributed by atoms with E-state index in [0.717, 1.165) is 44.0 Å². The molecule has 1 saturated heterocycles. The SMILES string of the molecule is CCOC(=O)c1ccc(N2CCCN(Cc3cccc(S(=O)(=O)N(C)C)c3)CC2)nc1. The molecule has 1 fully saturated rings. The molecule has 0 unspecified atom stereocenters. The molecule has 168 valence electrons. The number of anilines is 1. The van der Waals surface area contributed by atoms with Crippen molar-refractivity contribution in [2.45, 2.75) is 24.8 Å². The summed E-state index contributed by atoms with van der Waals surface area (Å²) in [4.78, 5) is 21.1. The van der Waals surface area contributed by atoms with Crippen molar-refractivity contribution in [2.75, 3.05) is 51.8 Å². The lowest BCUT2D eigenvalue weighted by Gasteiger charge is -2.23. The Bertz CT molecular complexity index is 993. The number of rotatable bonds is 7. The molecule has 1 aromatic carbocycles. The summed E-state index contributed by atoms with van der Waals surface area (Å²) in [6.45, 7) is 6.25. The highest BCUT2D eigenvalue weighted by Gasteiger charge is 2.20. The number of pyridine rings is 1. The fourth-order valence-electron chi connectivity index (χ4n) is 3.54. The lowest BCUT2D eigenvalue weighted by molar-refractivity contribution is 0.0526. The molecule has 0 N–H and O–H groups in total. The third-order valence-corrected chi connectivity index (χ3v) is 7.07. The highest BCUT2D eigenvalue weighted by Crippen LogP contribution is 2.19. The molecule has 0 bridgehead atoms. The van der Waals surface area contributed by atoms with Crippen molar-refractivity contribution in [3.8, 4) is 0 Å². The first-order valence-electron chi connectivity index (χ1n) is 10.4. The van der Waals surface area contributed by atoms with Crippen LogP contribution in [0.3, 0.4) is 0 Å². The summed E-state index contributed by atoms with van der Waals surface area (Å²) in [5, 5.41) is 0. The number of hydrogen-bond acceptors (Lipinski definition) is 7. The molecular formula is C22H30N4O4S. The number of carbonyl (C=O) groups is 1. The molecule has 1 aliphatic rings. The van der Waals surface area contributed by atoms with Gasteiger partial charge in [-0.05, 0) is 43.2 Å². The maximum absolute atomic E-state index is 12.4. The maximum Gasteiger partial charge on any atom is 0.339 e. The van der Waals surface area contributed by atoms with Crippen LogP contribution < -0.4 is 4.90 Å². The maximum atomic E-state index is 12.4. The number of aromatic nitrogens is 1. The average molecular weight is 447 g/mol. The molecule has 31 heavy (non-hydrogen) atoms. The zero-order valence-corrected chi connectivity index (χ0v) is 19.1. The van der Waals surface area contributed by atoms with E-state index in [1.807, 2.05) is 12.1 Å². The first-order chi connectivity index (χ1) is 14.8. The van der Waals surface area contributed by atoms with Crippen molar-refractivity contribution < 1.29 is 17.9 Å². The van der Waals surface area contributed by atoms with Crippen LogP contribution in [0.2, 0.25) is 0 Å². The summed E-state index contributed by atoms with van der Waals surface area (Å²) in [7, 11) is -0.360. The third kappa shape index (κ3) is 5.81. The lowest BCUT2D eigenvalue weighted by Crippen LogP contribution is -2.31. The second-order valence-corrected chi connectivity index (χ2v) is 9.83. The van der Waals surface area contributed by atoms with Crippen LogP contribution >= 0.6 is 0 Å². The normalized spacial score (nSPS) is 15.7. The second kappa shape index (κ2) is 10.2. The van der Waals surface area contributed by atoms with Crippen molar-refractivity contribution in [1.82, 2.24) is 14.2 Å². The van der Waals surface area contributed by atoms with Gasteiger partial charge in [0.2, 0.25) is 10.0 Å². The Kier molecular flexibility index (Phi) is 7.64. The Morgan fingerprint density at radius 3 is 2.61 bits per heavy atom. The Labute approximate surface area is 184 Å². The van der Waals surface area contributed by atoms with Gasteiger partial charge in [0, 0.05) is 53.0 Å². The topological polar surface area (TPSA) is 83.0 Å². The minimum Gasteiger partial charge on any atom is -0.462 e. The molecule has 0 amide bonds. The zero-order chi connectivity index (χ0) is 22.4. The molecule has 2 aromatic rings. The summed E-state index contributed by atoms with van der Waals surface area (Å²) in [6.07, 6.45) is 2.53. The average Bonchev–Trinajstić information content (AvgIpc) is 3.00. The van der Waals surface area contributed by atoms with Gasteiger partial charge in [0.1, 0.15) is 5.82 Å². The smallest absolute Gasteiger partial charge is 0.339 e. The number of carbonyl (C=O) groups excluding carboxylic acids is 1. The predicted molar refractivity (Wildman–Crippen MR) is 120 cm³/mol. The van der Waals surface area contributed by atoms with Crippen LogP contribution in [0.1, 0.15) is 29.3 Å². The quantitative estimate of drug-likeness (QED) is 0.603. The number of ether oxygens (including phenoxy) is 1. The molecule has 0 spiro atoms. The number of hydrogen-bond donors (Lipinski definition) is 0. The first kappa shape index (κ1) is 23.2. The first-order valence-corrected chi connectivity index (χ1v) is 11.9. The van der Waals surface area contributed by atoms with Gasteiger partial charge in [-0.15, -0.1) is 0 Å². The van der Waals surface area contributed by atoms with Gasteiger partial charge < -0.3 is 9.64 Å². The van der Waals surface area contributed by atoms with Crippen molar-refractivity contribution in [3.63, 3.8) is 0 Å². The zero-order valence-electron chi connectivity index (χ0n) is 18.3. The van der Waals surface area contributed by atoms with E-state index in [1.165, 1.54) is 4.31 Å². The Morgan fingerprint density at radius 1 is 1.13 bits per heavy atom. The summed E-state index contributed by atoms with van der Waals surface area (Å²) in [5.41, 5.74) is 1.43. The van der Waals surface area contributed by atoms with Crippen molar-refractivity contribution in [3.05, 3.63) is 53.7 Å². The Balaban J connectivity index is 1.62. The van der Waals surface area contributed by atoms with Gasteiger partial charge in [0.05, 0.1) is 17.1 Å². The van der Waals surface area contributed by atoms with Gasteiger partial charge in [0.15, 0.2) is 0 Å². The van der Waals surface area contributed by atoms with Crippen LogP contribution in [0.15, 0.2) is 47.5 Å². The molecule has 3 rings (SSSR count). The molecule has 9 heteroatoms. The fraction of sp³-hybridized carbons (Fsp3) is 0.455. The van der Waals surface area contributed by atoms with Crippen LogP contribution in [-0.2, 0) is 21.3 Å². The van der Waals surface area contributed by atoms with Gasteiger partial charge in [-0.3, -0.25) is 4.90 Å². The van der Waals surface area contributed by atoms with E-state index in [0.29, 0.717) is 23.6 Å². The van der Waals surface area contributed by atoms with Crippen LogP contribution in [0.4, 0.5) is 5.82 Å². The number of benzene rings is 1. The minimum atomic E-state index is -3.44. The molecular weight excluding hydrogens is 416 g/mol. The van der Waals surface area contributed by atoms with Crippen LogP contribution in [-0.4, -0.2) is 75.5 Å². The molecule has 1 aromatic heterocycles. The number of esters is 1. The molecule has 0 saturated carbocycles. The summed E-state index contributed by atoms with van der Waals surface area (Å²) in [5.74, 6) is 0.482. The molecule has 2 heterocycles. The molecule has 0 aliphatic carbocycles. The number of sulfonamides is 1. The predicted octanol–water partition coefficient (Wildman–Crippen LogP) is 2.22. The lowest BCUT2D eigenvalue weighted by atomic mass is 10.2. The van der Waals surface area contributed by atoms with E-state index in [1.54, 1.807) is 51.5 Å².